The molecule has 0 aliphatic carbocycles. The van der Waals surface area contributed by atoms with E-state index in [1.165, 1.54) is 4.88 Å². The van der Waals surface area contributed by atoms with Crippen molar-refractivity contribution in [3.05, 3.63) is 50.6 Å². The molecule has 1 fully saturated rings. The monoisotopic (exact) mass is 401 g/mol. The second kappa shape index (κ2) is 8.48. The van der Waals surface area contributed by atoms with Crippen molar-refractivity contribution in [2.45, 2.75) is 11.7 Å². The summed E-state index contributed by atoms with van der Waals surface area (Å²) in [5.74, 6) is 1.42. The van der Waals surface area contributed by atoms with Crippen LogP contribution in [0.1, 0.15) is 16.5 Å². The number of carbonyl (C=O) groups is 1. The summed E-state index contributed by atoms with van der Waals surface area (Å²) in [7, 11) is 0. The van der Waals surface area contributed by atoms with Crippen LogP contribution in [0.5, 0.6) is 5.75 Å². The zero-order valence-electron chi connectivity index (χ0n) is 12.9. The number of hydrogen-bond donors (Lipinski definition) is 0. The molecule has 1 atom stereocenters. The van der Waals surface area contributed by atoms with Gasteiger partial charge in [-0.2, -0.15) is 11.8 Å². The molecule has 24 heavy (non-hydrogen) atoms. The largest absolute Gasteiger partial charge is 0.482 e. The number of nitrogens with zero attached hydrogens (tertiary/aromatic N) is 1. The van der Waals surface area contributed by atoms with Crippen LogP contribution in [0, 0.1) is 0 Å². The Hall–Kier alpha value is -0.880. The van der Waals surface area contributed by atoms with E-state index in [2.05, 4.69) is 17.5 Å². The Kier molecular flexibility index (Phi) is 6.33. The second-order valence-corrected chi connectivity index (χ2v) is 8.54. The minimum atomic E-state index is -0.00607. The first kappa shape index (κ1) is 17.9. The van der Waals surface area contributed by atoms with E-state index < -0.39 is 0 Å². The van der Waals surface area contributed by atoms with Crippen molar-refractivity contribution < 1.29 is 9.53 Å². The fourth-order valence-electron chi connectivity index (χ4n) is 2.54. The van der Waals surface area contributed by atoms with Crippen molar-refractivity contribution in [3.63, 3.8) is 0 Å². The Bertz CT molecular complexity index is 694. The lowest BCUT2D eigenvalue weighted by Gasteiger charge is -2.20. The van der Waals surface area contributed by atoms with Gasteiger partial charge >= 0.3 is 0 Å². The number of thiophene rings is 1. The maximum atomic E-state index is 12.4. The molecule has 1 aromatic heterocycles. The molecule has 128 valence electrons. The first-order valence-corrected chi connectivity index (χ1v) is 10.3. The number of rotatable bonds is 4. The van der Waals surface area contributed by atoms with Gasteiger partial charge in [-0.25, -0.2) is 0 Å². The third kappa shape index (κ3) is 4.60. The Morgan fingerprint density at radius 2 is 2.17 bits per heavy atom. The van der Waals surface area contributed by atoms with Crippen LogP contribution in [0.4, 0.5) is 0 Å². The van der Waals surface area contributed by atoms with Crippen LogP contribution in [0.2, 0.25) is 10.0 Å². The van der Waals surface area contributed by atoms with Crippen LogP contribution in [-0.4, -0.2) is 36.3 Å². The molecule has 3 rings (SSSR count). The first-order chi connectivity index (χ1) is 11.6. The molecular formula is C17H17Cl2NO2S2. The lowest BCUT2D eigenvalue weighted by Crippen LogP contribution is -2.36. The smallest absolute Gasteiger partial charge is 0.260 e. The summed E-state index contributed by atoms with van der Waals surface area (Å²) in [5, 5.41) is 3.55. The van der Waals surface area contributed by atoms with Gasteiger partial charge in [-0.15, -0.1) is 11.3 Å². The van der Waals surface area contributed by atoms with Crippen LogP contribution in [0.15, 0.2) is 35.7 Å². The summed E-state index contributed by atoms with van der Waals surface area (Å²) < 4.78 is 5.56. The number of hydrogen-bond acceptors (Lipinski definition) is 4. The van der Waals surface area contributed by atoms with Crippen molar-refractivity contribution in [1.29, 1.82) is 0 Å². The molecule has 2 heterocycles. The van der Waals surface area contributed by atoms with Gasteiger partial charge in [-0.3, -0.25) is 4.79 Å². The number of halogens is 2. The van der Waals surface area contributed by atoms with Gasteiger partial charge in [0.25, 0.3) is 5.91 Å². The highest BCUT2D eigenvalue weighted by Gasteiger charge is 2.23. The second-order valence-electron chi connectivity index (χ2n) is 5.41. The number of ether oxygens (including phenoxy) is 1. The van der Waals surface area contributed by atoms with Crippen LogP contribution in [-0.2, 0) is 4.79 Å². The predicted molar refractivity (Wildman–Crippen MR) is 103 cm³/mol. The average Bonchev–Trinajstić information content (AvgIpc) is 2.98. The minimum absolute atomic E-state index is 0.00428. The zero-order valence-corrected chi connectivity index (χ0v) is 16.1. The van der Waals surface area contributed by atoms with Gasteiger partial charge in [0.15, 0.2) is 6.61 Å². The molecule has 0 radical (unpaired) electrons. The van der Waals surface area contributed by atoms with E-state index in [4.69, 9.17) is 27.9 Å². The first-order valence-electron chi connectivity index (χ1n) is 7.64. The van der Waals surface area contributed by atoms with E-state index in [-0.39, 0.29) is 12.5 Å². The van der Waals surface area contributed by atoms with Crippen LogP contribution < -0.4 is 4.74 Å². The third-order valence-corrected chi connectivity index (χ3v) is 6.78. The number of amides is 1. The Morgan fingerprint density at radius 1 is 1.29 bits per heavy atom. The van der Waals surface area contributed by atoms with Gasteiger partial charge in [-0.1, -0.05) is 29.3 Å². The quantitative estimate of drug-likeness (QED) is 0.709. The number of carbonyl (C=O) groups excluding carboxylic acids is 1. The standard InChI is InChI=1S/C17H17Cl2NO2S2/c18-12-3-4-14(13(19)10-12)22-11-17(21)20-6-5-16(24-9-7-20)15-2-1-8-23-15/h1-4,8,10,16H,5-7,9,11H2. The highest BCUT2D eigenvalue weighted by Crippen LogP contribution is 2.36. The van der Waals surface area contributed by atoms with E-state index >= 15 is 0 Å². The summed E-state index contributed by atoms with van der Waals surface area (Å²) in [4.78, 5) is 15.7. The molecule has 1 aromatic carbocycles. The van der Waals surface area contributed by atoms with Gasteiger partial charge < -0.3 is 9.64 Å². The summed E-state index contributed by atoms with van der Waals surface area (Å²) in [5.41, 5.74) is 0. The molecule has 2 aromatic rings. The van der Waals surface area contributed by atoms with E-state index in [0.29, 0.717) is 21.0 Å². The van der Waals surface area contributed by atoms with Gasteiger partial charge in [0.1, 0.15) is 5.75 Å². The molecule has 0 N–H and O–H groups in total. The Morgan fingerprint density at radius 3 is 2.92 bits per heavy atom. The molecule has 1 aliphatic heterocycles. The molecular weight excluding hydrogens is 385 g/mol. The van der Waals surface area contributed by atoms with Crippen molar-refractivity contribution in [2.75, 3.05) is 25.4 Å². The van der Waals surface area contributed by atoms with Gasteiger partial charge in [0.2, 0.25) is 0 Å². The van der Waals surface area contributed by atoms with Gasteiger partial charge in [-0.05, 0) is 36.1 Å². The Balaban J connectivity index is 1.53. The summed E-state index contributed by atoms with van der Waals surface area (Å²) >= 11 is 15.6. The normalized spacial score (nSPS) is 18.2. The molecule has 1 amide bonds. The number of thioether (sulfide) groups is 1. The van der Waals surface area contributed by atoms with E-state index in [0.717, 1.165) is 25.3 Å². The fourth-order valence-corrected chi connectivity index (χ4v) is 5.24. The van der Waals surface area contributed by atoms with Crippen molar-refractivity contribution in [3.8, 4) is 5.75 Å². The minimum Gasteiger partial charge on any atom is -0.482 e. The molecule has 3 nitrogen and oxygen atoms in total. The van der Waals surface area contributed by atoms with Crippen molar-refractivity contribution in [2.24, 2.45) is 0 Å². The SMILES string of the molecule is O=C(COc1ccc(Cl)cc1Cl)N1CCSC(c2cccs2)CC1. The fraction of sp³-hybridized carbons (Fsp3) is 0.353. The summed E-state index contributed by atoms with van der Waals surface area (Å²) in [6.07, 6.45) is 0.971. The molecule has 1 unspecified atom stereocenters. The van der Waals surface area contributed by atoms with Crippen molar-refractivity contribution in [1.82, 2.24) is 4.90 Å². The summed E-state index contributed by atoms with van der Waals surface area (Å²) in [6, 6.07) is 9.24. The predicted octanol–water partition coefficient (Wildman–Crippen LogP) is 5.14. The van der Waals surface area contributed by atoms with Crippen LogP contribution in [0.3, 0.4) is 0 Å². The third-order valence-electron chi connectivity index (χ3n) is 3.80. The number of benzene rings is 1. The topological polar surface area (TPSA) is 29.5 Å². The summed E-state index contributed by atoms with van der Waals surface area (Å²) in [6.45, 7) is 1.50. The Labute approximate surface area is 159 Å². The van der Waals surface area contributed by atoms with E-state index in [1.54, 1.807) is 29.5 Å². The molecule has 1 saturated heterocycles. The lowest BCUT2D eigenvalue weighted by molar-refractivity contribution is -0.133. The highest BCUT2D eigenvalue weighted by molar-refractivity contribution is 7.99. The van der Waals surface area contributed by atoms with Crippen molar-refractivity contribution >= 4 is 52.2 Å². The zero-order chi connectivity index (χ0) is 16.9. The van der Waals surface area contributed by atoms with Gasteiger partial charge in [0, 0.05) is 34.0 Å². The molecule has 0 bridgehead atoms. The highest BCUT2D eigenvalue weighted by atomic mass is 35.5. The average molecular weight is 402 g/mol. The maximum Gasteiger partial charge on any atom is 0.260 e. The molecule has 0 saturated carbocycles. The maximum absolute atomic E-state index is 12.4. The van der Waals surface area contributed by atoms with E-state index in [1.807, 2.05) is 16.7 Å². The van der Waals surface area contributed by atoms with Gasteiger partial charge in [0.05, 0.1) is 5.02 Å². The van der Waals surface area contributed by atoms with E-state index in [9.17, 15) is 4.79 Å². The molecule has 1 aliphatic rings. The van der Waals surface area contributed by atoms with Crippen LogP contribution >= 0.6 is 46.3 Å². The molecule has 0 spiro atoms. The molecule has 7 heteroatoms. The van der Waals surface area contributed by atoms with Crippen LogP contribution in [0.25, 0.3) is 0 Å². The lowest BCUT2D eigenvalue weighted by atomic mass is 10.2.